The number of hydrogen-bond acceptors (Lipinski definition) is 4. The van der Waals surface area contributed by atoms with E-state index in [9.17, 15) is 14.9 Å². The highest BCUT2D eigenvalue weighted by molar-refractivity contribution is 5.72. The number of rotatable bonds is 6. The van der Waals surface area contributed by atoms with Gasteiger partial charge in [0.15, 0.2) is 0 Å². The highest BCUT2D eigenvalue weighted by Gasteiger charge is 2.29. The molecule has 2 unspecified atom stereocenters. The van der Waals surface area contributed by atoms with Gasteiger partial charge in [-0.15, -0.1) is 0 Å². The van der Waals surface area contributed by atoms with E-state index in [1.54, 1.807) is 6.92 Å². The second-order valence-corrected chi connectivity index (χ2v) is 4.22. The highest BCUT2D eigenvalue weighted by Crippen LogP contribution is 2.21. The van der Waals surface area contributed by atoms with Gasteiger partial charge in [-0.05, 0) is 12.3 Å². The zero-order valence-electron chi connectivity index (χ0n) is 9.73. The van der Waals surface area contributed by atoms with Crippen molar-refractivity contribution < 1.29 is 14.5 Å². The van der Waals surface area contributed by atoms with Crippen molar-refractivity contribution in [3.05, 3.63) is 10.1 Å². The number of esters is 1. The average molecular weight is 217 g/mol. The van der Waals surface area contributed by atoms with E-state index in [1.807, 2.05) is 13.8 Å². The molecule has 0 bridgehead atoms. The molecule has 0 saturated carbocycles. The second-order valence-electron chi connectivity index (χ2n) is 4.22. The van der Waals surface area contributed by atoms with Crippen LogP contribution in [0.2, 0.25) is 0 Å². The van der Waals surface area contributed by atoms with Gasteiger partial charge in [-0.25, -0.2) is 0 Å². The minimum atomic E-state index is -0.414. The van der Waals surface area contributed by atoms with E-state index in [-0.39, 0.29) is 23.4 Å². The Morgan fingerprint density at radius 3 is 2.27 bits per heavy atom. The van der Waals surface area contributed by atoms with Crippen molar-refractivity contribution in [2.24, 2.45) is 17.8 Å². The van der Waals surface area contributed by atoms with Crippen LogP contribution < -0.4 is 0 Å². The molecule has 2 atom stereocenters. The first-order valence-electron chi connectivity index (χ1n) is 5.08. The van der Waals surface area contributed by atoms with Crippen molar-refractivity contribution in [2.75, 3.05) is 13.7 Å². The second kappa shape index (κ2) is 6.37. The molecule has 15 heavy (non-hydrogen) atoms. The van der Waals surface area contributed by atoms with Crippen LogP contribution in [0.15, 0.2) is 0 Å². The summed E-state index contributed by atoms with van der Waals surface area (Å²) >= 11 is 0. The van der Waals surface area contributed by atoms with Crippen LogP contribution in [-0.4, -0.2) is 24.5 Å². The molecule has 0 aromatic rings. The maximum Gasteiger partial charge on any atom is 0.308 e. The number of methoxy groups -OCH3 is 1. The molecule has 0 aliphatic heterocycles. The van der Waals surface area contributed by atoms with Crippen molar-refractivity contribution >= 4 is 5.97 Å². The van der Waals surface area contributed by atoms with E-state index in [2.05, 4.69) is 4.74 Å². The highest BCUT2D eigenvalue weighted by atomic mass is 16.6. The molecule has 0 aromatic carbocycles. The standard InChI is InChI=1S/C10H19NO4/c1-7(2)5-9(6-11(13)14)8(3)10(12)15-4/h7-9H,5-6H2,1-4H3. The molecule has 5 heteroatoms. The van der Waals surface area contributed by atoms with Crippen LogP contribution in [0.5, 0.6) is 0 Å². The number of hydrogen-bond donors (Lipinski definition) is 0. The fourth-order valence-corrected chi connectivity index (χ4v) is 1.61. The van der Waals surface area contributed by atoms with Gasteiger partial charge in [-0.1, -0.05) is 20.8 Å². The third-order valence-electron chi connectivity index (χ3n) is 2.44. The Morgan fingerprint density at radius 1 is 1.40 bits per heavy atom. The topological polar surface area (TPSA) is 69.4 Å². The van der Waals surface area contributed by atoms with Crippen molar-refractivity contribution in [3.63, 3.8) is 0 Å². The average Bonchev–Trinajstić information content (AvgIpc) is 2.13. The summed E-state index contributed by atoms with van der Waals surface area (Å²) in [5.41, 5.74) is 0. The Bertz CT molecular complexity index is 227. The van der Waals surface area contributed by atoms with Crippen LogP contribution >= 0.6 is 0 Å². The summed E-state index contributed by atoms with van der Waals surface area (Å²) in [5.74, 6) is -0.695. The summed E-state index contributed by atoms with van der Waals surface area (Å²) < 4.78 is 4.59. The number of ether oxygens (including phenoxy) is 1. The normalized spacial score (nSPS) is 14.7. The van der Waals surface area contributed by atoms with Crippen LogP contribution in [0.1, 0.15) is 27.2 Å². The van der Waals surface area contributed by atoms with Gasteiger partial charge in [0, 0.05) is 10.8 Å². The fraction of sp³-hybridized carbons (Fsp3) is 0.900. The molecular formula is C10H19NO4. The fourth-order valence-electron chi connectivity index (χ4n) is 1.61. The van der Waals surface area contributed by atoms with Crippen LogP contribution in [0, 0.1) is 27.9 Å². The summed E-state index contributed by atoms with van der Waals surface area (Å²) in [6, 6.07) is 0. The van der Waals surface area contributed by atoms with Gasteiger partial charge in [0.25, 0.3) is 0 Å². The molecule has 0 heterocycles. The number of carbonyl (C=O) groups excluding carboxylic acids is 1. The zero-order valence-corrected chi connectivity index (χ0v) is 9.73. The lowest BCUT2D eigenvalue weighted by Crippen LogP contribution is -2.29. The number of nitrogens with zero attached hydrogens (tertiary/aromatic N) is 1. The molecule has 0 aromatic heterocycles. The van der Waals surface area contributed by atoms with Crippen molar-refractivity contribution in [3.8, 4) is 0 Å². The van der Waals surface area contributed by atoms with Gasteiger partial charge in [0.05, 0.1) is 13.0 Å². The zero-order chi connectivity index (χ0) is 12.0. The monoisotopic (exact) mass is 217 g/mol. The van der Waals surface area contributed by atoms with Crippen molar-refractivity contribution in [2.45, 2.75) is 27.2 Å². The quantitative estimate of drug-likeness (QED) is 0.386. The minimum Gasteiger partial charge on any atom is -0.469 e. The van der Waals surface area contributed by atoms with Gasteiger partial charge in [0.1, 0.15) is 0 Å². The SMILES string of the molecule is COC(=O)C(C)C(CC(C)C)C[N+](=O)[O-]. The van der Waals surface area contributed by atoms with Gasteiger partial charge in [-0.3, -0.25) is 14.9 Å². The molecule has 0 saturated heterocycles. The third kappa shape index (κ3) is 5.34. The maximum atomic E-state index is 11.3. The largest absolute Gasteiger partial charge is 0.469 e. The van der Waals surface area contributed by atoms with Gasteiger partial charge >= 0.3 is 5.97 Å². The molecule has 0 fully saturated rings. The first-order valence-corrected chi connectivity index (χ1v) is 5.08. The lowest BCUT2D eigenvalue weighted by atomic mass is 9.86. The smallest absolute Gasteiger partial charge is 0.308 e. The van der Waals surface area contributed by atoms with E-state index in [1.165, 1.54) is 7.11 Å². The predicted octanol–water partition coefficient (Wildman–Crippen LogP) is 1.73. The third-order valence-corrected chi connectivity index (χ3v) is 2.44. The molecule has 0 radical (unpaired) electrons. The van der Waals surface area contributed by atoms with E-state index in [0.717, 1.165) is 0 Å². The Balaban J connectivity index is 4.46. The van der Waals surface area contributed by atoms with Crippen molar-refractivity contribution in [1.82, 2.24) is 0 Å². The number of carbonyl (C=O) groups is 1. The summed E-state index contributed by atoms with van der Waals surface area (Å²) in [6.07, 6.45) is 0.664. The predicted molar refractivity (Wildman–Crippen MR) is 56.0 cm³/mol. The first kappa shape index (κ1) is 13.9. The molecule has 0 N–H and O–H groups in total. The Labute approximate surface area is 90.0 Å². The Hall–Kier alpha value is -1.13. The van der Waals surface area contributed by atoms with E-state index >= 15 is 0 Å². The van der Waals surface area contributed by atoms with Gasteiger partial charge < -0.3 is 4.74 Å². The van der Waals surface area contributed by atoms with Crippen LogP contribution in [0.3, 0.4) is 0 Å². The van der Waals surface area contributed by atoms with Crippen LogP contribution in [0.25, 0.3) is 0 Å². The molecule has 0 amide bonds. The number of nitro groups is 1. The lowest BCUT2D eigenvalue weighted by molar-refractivity contribution is -0.490. The lowest BCUT2D eigenvalue weighted by Gasteiger charge is -2.20. The van der Waals surface area contributed by atoms with E-state index < -0.39 is 5.92 Å². The summed E-state index contributed by atoms with van der Waals surface area (Å²) in [6.45, 7) is 5.48. The Kier molecular flexibility index (Phi) is 5.89. The van der Waals surface area contributed by atoms with Crippen LogP contribution in [-0.2, 0) is 9.53 Å². The minimum absolute atomic E-state index is 0.172. The molecule has 0 aliphatic carbocycles. The Morgan fingerprint density at radius 2 is 1.93 bits per heavy atom. The van der Waals surface area contributed by atoms with Gasteiger partial charge in [-0.2, -0.15) is 0 Å². The summed E-state index contributed by atoms with van der Waals surface area (Å²) in [5, 5.41) is 10.5. The van der Waals surface area contributed by atoms with Gasteiger partial charge in [0.2, 0.25) is 6.54 Å². The van der Waals surface area contributed by atoms with E-state index in [0.29, 0.717) is 12.3 Å². The first-order chi connectivity index (χ1) is 6.88. The van der Waals surface area contributed by atoms with E-state index in [4.69, 9.17) is 0 Å². The molecule has 0 rings (SSSR count). The summed E-state index contributed by atoms with van der Waals surface area (Å²) in [7, 11) is 1.30. The van der Waals surface area contributed by atoms with Crippen LogP contribution in [0.4, 0.5) is 0 Å². The maximum absolute atomic E-state index is 11.3. The molecular weight excluding hydrogens is 198 g/mol. The molecule has 0 aliphatic rings. The molecule has 0 spiro atoms. The molecule has 88 valence electrons. The molecule has 5 nitrogen and oxygen atoms in total. The van der Waals surface area contributed by atoms with Crippen molar-refractivity contribution in [1.29, 1.82) is 0 Å². The summed E-state index contributed by atoms with van der Waals surface area (Å²) in [4.78, 5) is 21.4.